The molecule has 1 N–H and O–H groups in total. The van der Waals surface area contributed by atoms with Crippen LogP contribution in [0.5, 0.6) is 0 Å². The van der Waals surface area contributed by atoms with Crippen molar-refractivity contribution in [2.75, 3.05) is 0 Å². The van der Waals surface area contributed by atoms with Gasteiger partial charge >= 0.3 is 0 Å². The summed E-state index contributed by atoms with van der Waals surface area (Å²) in [6.45, 7) is 9.37. The van der Waals surface area contributed by atoms with E-state index in [1.165, 1.54) is 44.9 Å². The van der Waals surface area contributed by atoms with E-state index in [0.29, 0.717) is 16.7 Å². The summed E-state index contributed by atoms with van der Waals surface area (Å²) in [5.41, 5.74) is 1.04. The summed E-state index contributed by atoms with van der Waals surface area (Å²) < 4.78 is 6.15. The average molecular weight is 335 g/mol. The third-order valence-electron chi connectivity index (χ3n) is 8.89. The molecule has 1 unspecified atom stereocenters. The van der Waals surface area contributed by atoms with E-state index >= 15 is 0 Å². The molecule has 0 aromatic carbocycles. The largest absolute Gasteiger partial charge is 0.390 e. The second kappa shape index (κ2) is 5.98. The highest BCUT2D eigenvalue weighted by Crippen LogP contribution is 2.66. The Labute approximate surface area is 148 Å². The van der Waals surface area contributed by atoms with Gasteiger partial charge in [-0.05, 0) is 99.7 Å². The van der Waals surface area contributed by atoms with Crippen LogP contribution >= 0.6 is 0 Å². The maximum Gasteiger partial charge on any atom is 0.0842 e. The smallest absolute Gasteiger partial charge is 0.0842 e. The van der Waals surface area contributed by atoms with Gasteiger partial charge in [0.15, 0.2) is 0 Å². The first-order valence-electron chi connectivity index (χ1n) is 10.7. The molecular formula is C22H38O2. The molecule has 0 heterocycles. The third kappa shape index (κ3) is 2.58. The highest BCUT2D eigenvalue weighted by molar-refractivity contribution is 5.08. The van der Waals surface area contributed by atoms with E-state index in [1.807, 2.05) is 0 Å². The minimum Gasteiger partial charge on any atom is -0.390 e. The minimum absolute atomic E-state index is 0.0573. The van der Waals surface area contributed by atoms with Gasteiger partial charge < -0.3 is 9.84 Å². The number of aliphatic hydroxyl groups excluding tert-OH is 1. The van der Waals surface area contributed by atoms with Crippen molar-refractivity contribution in [2.45, 2.75) is 104 Å². The predicted octanol–water partition coefficient (Wildman–Crippen LogP) is 5.18. The Kier molecular flexibility index (Phi) is 4.32. The zero-order valence-corrected chi connectivity index (χ0v) is 16.3. The fraction of sp³-hybridized carbons (Fsp3) is 1.00. The van der Waals surface area contributed by atoms with Gasteiger partial charge in [0.1, 0.15) is 0 Å². The first-order chi connectivity index (χ1) is 11.3. The summed E-state index contributed by atoms with van der Waals surface area (Å²) in [6.07, 6.45) is 12.1. The molecule has 0 radical (unpaired) electrons. The number of fused-ring (bicyclic) bond motifs is 5. The molecule has 0 bridgehead atoms. The molecule has 0 aromatic heterocycles. The molecule has 8 atom stereocenters. The summed E-state index contributed by atoms with van der Waals surface area (Å²) in [4.78, 5) is 0. The van der Waals surface area contributed by atoms with Crippen LogP contribution in [0, 0.1) is 34.5 Å². The van der Waals surface area contributed by atoms with E-state index in [9.17, 15) is 5.11 Å². The van der Waals surface area contributed by atoms with Crippen molar-refractivity contribution in [1.82, 2.24) is 0 Å². The van der Waals surface area contributed by atoms with E-state index in [-0.39, 0.29) is 18.3 Å². The summed E-state index contributed by atoms with van der Waals surface area (Å²) in [5, 5.41) is 10.6. The van der Waals surface area contributed by atoms with Crippen LogP contribution < -0.4 is 0 Å². The molecule has 4 aliphatic rings. The van der Waals surface area contributed by atoms with Gasteiger partial charge in [0, 0.05) is 0 Å². The van der Waals surface area contributed by atoms with Crippen LogP contribution in [0.15, 0.2) is 0 Å². The Hall–Kier alpha value is -0.0800. The van der Waals surface area contributed by atoms with Crippen molar-refractivity contribution >= 4 is 0 Å². The standard InChI is InChI=1S/C22H38O2/c1-14(2)24-20-13-22(4)15(12-19(20)23)7-8-16-17-6-5-10-21(17,3)11-9-18(16)22/h14-20,23H,5-13H2,1-4H3/t15-,16-,17-,18-,19-,20?,21-,22-/m0/s1. The monoisotopic (exact) mass is 334 g/mol. The first kappa shape index (κ1) is 17.3. The van der Waals surface area contributed by atoms with Gasteiger partial charge in [-0.1, -0.05) is 20.3 Å². The quantitative estimate of drug-likeness (QED) is 0.753. The third-order valence-corrected chi connectivity index (χ3v) is 8.89. The summed E-state index contributed by atoms with van der Waals surface area (Å²) >= 11 is 0. The topological polar surface area (TPSA) is 29.5 Å². The molecule has 2 heteroatoms. The summed E-state index contributed by atoms with van der Waals surface area (Å²) in [5.74, 6) is 3.51. The van der Waals surface area contributed by atoms with Gasteiger partial charge in [-0.2, -0.15) is 0 Å². The molecule has 24 heavy (non-hydrogen) atoms. The predicted molar refractivity (Wildman–Crippen MR) is 97.7 cm³/mol. The molecule has 0 aromatic rings. The zero-order valence-electron chi connectivity index (χ0n) is 16.3. The highest BCUT2D eigenvalue weighted by atomic mass is 16.5. The second-order valence-corrected chi connectivity index (χ2v) is 10.5. The number of aliphatic hydroxyl groups is 1. The fourth-order valence-corrected chi connectivity index (χ4v) is 7.73. The molecule has 0 amide bonds. The van der Waals surface area contributed by atoms with Crippen LogP contribution in [0.2, 0.25) is 0 Å². The molecule has 4 fully saturated rings. The van der Waals surface area contributed by atoms with Gasteiger partial charge in [-0.3, -0.25) is 0 Å². The maximum atomic E-state index is 10.6. The second-order valence-electron chi connectivity index (χ2n) is 10.5. The van der Waals surface area contributed by atoms with E-state index in [1.54, 1.807) is 0 Å². The number of hydrogen-bond donors (Lipinski definition) is 1. The normalized spacial score (nSPS) is 54.2. The Morgan fingerprint density at radius 1 is 1.00 bits per heavy atom. The Morgan fingerprint density at radius 2 is 1.79 bits per heavy atom. The van der Waals surface area contributed by atoms with Gasteiger partial charge in [0.05, 0.1) is 18.3 Å². The Bertz CT molecular complexity index is 475. The lowest BCUT2D eigenvalue weighted by Crippen LogP contribution is -2.56. The van der Waals surface area contributed by atoms with Crippen molar-refractivity contribution in [1.29, 1.82) is 0 Å². The van der Waals surface area contributed by atoms with Crippen LogP contribution in [0.3, 0.4) is 0 Å². The summed E-state index contributed by atoms with van der Waals surface area (Å²) in [6, 6.07) is 0. The van der Waals surface area contributed by atoms with E-state index in [0.717, 1.165) is 30.6 Å². The maximum absolute atomic E-state index is 10.6. The van der Waals surface area contributed by atoms with Crippen LogP contribution in [0.4, 0.5) is 0 Å². The SMILES string of the molecule is CC(C)OC1C[C@@]2(C)[C@@H](CC[C@H]3[C@@H]4CCC[C@@]4(C)CC[C@@H]32)C[C@@H]1O. The van der Waals surface area contributed by atoms with Gasteiger partial charge in [0.25, 0.3) is 0 Å². The Morgan fingerprint density at radius 3 is 2.54 bits per heavy atom. The van der Waals surface area contributed by atoms with Crippen LogP contribution in [0.1, 0.15) is 85.5 Å². The minimum atomic E-state index is -0.248. The zero-order chi connectivity index (χ0) is 17.1. The van der Waals surface area contributed by atoms with Gasteiger partial charge in [0.2, 0.25) is 0 Å². The molecule has 0 spiro atoms. The molecule has 0 saturated heterocycles. The van der Waals surface area contributed by atoms with Gasteiger partial charge in [-0.25, -0.2) is 0 Å². The lowest BCUT2D eigenvalue weighted by molar-refractivity contribution is -0.177. The molecule has 2 nitrogen and oxygen atoms in total. The highest BCUT2D eigenvalue weighted by Gasteiger charge is 2.59. The van der Waals surface area contributed by atoms with E-state index in [2.05, 4.69) is 27.7 Å². The first-order valence-corrected chi connectivity index (χ1v) is 10.7. The molecule has 4 aliphatic carbocycles. The Balaban J connectivity index is 1.58. The van der Waals surface area contributed by atoms with Crippen molar-refractivity contribution in [3.8, 4) is 0 Å². The lowest BCUT2D eigenvalue weighted by Gasteiger charge is -2.61. The van der Waals surface area contributed by atoms with Crippen LogP contribution in [-0.2, 0) is 4.74 Å². The van der Waals surface area contributed by atoms with E-state index < -0.39 is 0 Å². The van der Waals surface area contributed by atoms with Crippen LogP contribution in [0.25, 0.3) is 0 Å². The van der Waals surface area contributed by atoms with Crippen molar-refractivity contribution in [3.05, 3.63) is 0 Å². The molecular weight excluding hydrogens is 296 g/mol. The molecule has 138 valence electrons. The van der Waals surface area contributed by atoms with Crippen molar-refractivity contribution in [2.24, 2.45) is 34.5 Å². The van der Waals surface area contributed by atoms with E-state index in [4.69, 9.17) is 4.74 Å². The fourth-order valence-electron chi connectivity index (χ4n) is 7.73. The molecule has 0 aliphatic heterocycles. The van der Waals surface area contributed by atoms with Gasteiger partial charge in [-0.15, -0.1) is 0 Å². The average Bonchev–Trinajstić information content (AvgIpc) is 2.90. The number of hydrogen-bond acceptors (Lipinski definition) is 2. The number of rotatable bonds is 2. The van der Waals surface area contributed by atoms with Crippen molar-refractivity contribution < 1.29 is 9.84 Å². The number of ether oxygens (including phenoxy) is 1. The van der Waals surface area contributed by atoms with Crippen molar-refractivity contribution in [3.63, 3.8) is 0 Å². The molecule has 4 saturated carbocycles. The van der Waals surface area contributed by atoms with Crippen LogP contribution in [-0.4, -0.2) is 23.4 Å². The lowest BCUT2D eigenvalue weighted by atomic mass is 9.45. The summed E-state index contributed by atoms with van der Waals surface area (Å²) in [7, 11) is 0. The molecule has 4 rings (SSSR count).